The fourth-order valence-corrected chi connectivity index (χ4v) is 3.85. The number of urea groups is 1. The number of amides is 2. The summed E-state index contributed by atoms with van der Waals surface area (Å²) in [6.07, 6.45) is -1.71. The Morgan fingerprint density at radius 1 is 1.26 bits per heavy atom. The van der Waals surface area contributed by atoms with Gasteiger partial charge in [-0.3, -0.25) is 4.57 Å². The van der Waals surface area contributed by atoms with Crippen molar-refractivity contribution in [2.24, 2.45) is 4.99 Å². The van der Waals surface area contributed by atoms with Gasteiger partial charge in [-0.15, -0.1) is 11.3 Å². The van der Waals surface area contributed by atoms with Crippen molar-refractivity contribution in [3.63, 3.8) is 0 Å². The fraction of sp³-hybridized carbons (Fsp3) is 0.444. The lowest BCUT2D eigenvalue weighted by Crippen LogP contribution is -2.34. The van der Waals surface area contributed by atoms with E-state index < -0.39 is 11.7 Å². The summed E-state index contributed by atoms with van der Waals surface area (Å²) >= 11 is 1.33. The molecule has 0 aliphatic carbocycles. The molecule has 9 heteroatoms. The minimum absolute atomic E-state index is 0.316. The zero-order valence-corrected chi connectivity index (χ0v) is 16.1. The van der Waals surface area contributed by atoms with Gasteiger partial charge in [-0.2, -0.15) is 18.2 Å². The van der Waals surface area contributed by atoms with Crippen molar-refractivity contribution < 1.29 is 18.0 Å². The zero-order chi connectivity index (χ0) is 19.8. The third-order valence-electron chi connectivity index (χ3n) is 4.60. The van der Waals surface area contributed by atoms with Crippen LogP contribution in [0.25, 0.3) is 5.69 Å². The fourth-order valence-electron chi connectivity index (χ4n) is 3.02. The standard InChI is InChI=1S/C18H21F3N4OS/c1-12-10-25(14-6-4-13(5-7-14)18(19,20)21)17(27-12)22-16(26)24-9-8-15(11-24)23(2)3/h4-7,10,15H,8-9,11H2,1-3H3/b22-17-/t15-/m1/s1. The number of carbonyl (C=O) groups is 1. The molecular weight excluding hydrogens is 377 g/mol. The molecule has 0 bridgehead atoms. The molecule has 0 saturated carbocycles. The Kier molecular flexibility index (Phi) is 5.43. The van der Waals surface area contributed by atoms with Crippen LogP contribution in [0.2, 0.25) is 0 Å². The molecule has 2 aromatic rings. The molecule has 1 fully saturated rings. The summed E-state index contributed by atoms with van der Waals surface area (Å²) in [4.78, 5) is 21.9. The Labute approximate surface area is 159 Å². The lowest BCUT2D eigenvalue weighted by molar-refractivity contribution is -0.137. The van der Waals surface area contributed by atoms with Crippen LogP contribution in [-0.4, -0.2) is 53.6 Å². The number of halogens is 3. The summed E-state index contributed by atoms with van der Waals surface area (Å²) in [6, 6.07) is 4.83. The number of likely N-dealkylation sites (tertiary alicyclic amines) is 1. The van der Waals surface area contributed by atoms with E-state index in [1.54, 1.807) is 15.7 Å². The number of aromatic nitrogens is 1. The highest BCUT2D eigenvalue weighted by Gasteiger charge is 2.30. The third-order valence-corrected chi connectivity index (χ3v) is 5.50. The van der Waals surface area contributed by atoms with Crippen molar-refractivity contribution in [2.75, 3.05) is 27.2 Å². The molecule has 5 nitrogen and oxygen atoms in total. The second kappa shape index (κ2) is 7.47. The number of likely N-dealkylation sites (N-methyl/N-ethyl adjacent to an activating group) is 1. The Morgan fingerprint density at radius 3 is 2.48 bits per heavy atom. The molecule has 0 N–H and O–H groups in total. The van der Waals surface area contributed by atoms with E-state index in [1.165, 1.54) is 23.5 Å². The molecule has 1 aliphatic heterocycles. The van der Waals surface area contributed by atoms with Crippen LogP contribution in [-0.2, 0) is 6.18 Å². The quantitative estimate of drug-likeness (QED) is 0.777. The molecule has 1 atom stereocenters. The van der Waals surface area contributed by atoms with E-state index in [0.29, 0.717) is 29.6 Å². The molecule has 0 unspecified atom stereocenters. The molecule has 27 heavy (non-hydrogen) atoms. The predicted octanol–water partition coefficient (Wildman–Crippen LogP) is 3.52. The van der Waals surface area contributed by atoms with Crippen molar-refractivity contribution in [3.8, 4) is 5.69 Å². The van der Waals surface area contributed by atoms with E-state index >= 15 is 0 Å². The van der Waals surface area contributed by atoms with E-state index in [9.17, 15) is 18.0 Å². The highest BCUT2D eigenvalue weighted by atomic mass is 32.1. The van der Waals surface area contributed by atoms with Gasteiger partial charge in [-0.25, -0.2) is 4.79 Å². The highest BCUT2D eigenvalue weighted by molar-refractivity contribution is 7.09. The number of alkyl halides is 3. The third kappa shape index (κ3) is 4.41. The maximum atomic E-state index is 12.8. The smallest absolute Gasteiger partial charge is 0.321 e. The maximum Gasteiger partial charge on any atom is 0.416 e. The van der Waals surface area contributed by atoms with Gasteiger partial charge in [-0.1, -0.05) is 0 Å². The van der Waals surface area contributed by atoms with Crippen LogP contribution in [0.5, 0.6) is 0 Å². The Balaban J connectivity index is 1.88. The van der Waals surface area contributed by atoms with Crippen molar-refractivity contribution in [1.82, 2.24) is 14.4 Å². The molecular formula is C18H21F3N4OS. The summed E-state index contributed by atoms with van der Waals surface area (Å²) in [5.41, 5.74) is -0.174. The van der Waals surface area contributed by atoms with Gasteiger partial charge in [0.15, 0.2) is 4.80 Å². The average molecular weight is 398 g/mol. The first-order valence-electron chi connectivity index (χ1n) is 8.52. The number of hydrogen-bond donors (Lipinski definition) is 0. The van der Waals surface area contributed by atoms with E-state index in [4.69, 9.17) is 0 Å². The minimum Gasteiger partial charge on any atom is -0.321 e. The SMILES string of the molecule is Cc1cn(-c2ccc(C(F)(F)F)cc2)/c(=N/C(=O)N2CC[C@@H](N(C)C)C2)s1. The molecule has 1 saturated heterocycles. The van der Waals surface area contributed by atoms with Crippen molar-refractivity contribution >= 4 is 17.4 Å². The first-order chi connectivity index (χ1) is 12.6. The molecule has 2 amide bonds. The summed E-state index contributed by atoms with van der Waals surface area (Å²) in [5, 5.41) is 0. The van der Waals surface area contributed by atoms with Gasteiger partial charge in [0.1, 0.15) is 0 Å². The lowest BCUT2D eigenvalue weighted by atomic mass is 10.2. The predicted molar refractivity (Wildman–Crippen MR) is 98.0 cm³/mol. The number of hydrogen-bond acceptors (Lipinski definition) is 3. The summed E-state index contributed by atoms with van der Waals surface area (Å²) in [5.74, 6) is 0. The molecule has 3 rings (SSSR count). The van der Waals surface area contributed by atoms with Crippen LogP contribution < -0.4 is 4.80 Å². The summed E-state index contributed by atoms with van der Waals surface area (Å²) < 4.78 is 39.9. The van der Waals surface area contributed by atoms with Gasteiger partial charge < -0.3 is 9.80 Å². The largest absolute Gasteiger partial charge is 0.416 e. The van der Waals surface area contributed by atoms with Crippen molar-refractivity contribution in [3.05, 3.63) is 45.7 Å². The van der Waals surface area contributed by atoms with Crippen LogP contribution in [0.4, 0.5) is 18.0 Å². The van der Waals surface area contributed by atoms with Crippen LogP contribution in [0.15, 0.2) is 35.5 Å². The molecule has 1 aliphatic rings. The number of rotatable bonds is 2. The molecule has 1 aromatic carbocycles. The molecule has 146 valence electrons. The zero-order valence-electron chi connectivity index (χ0n) is 15.3. The van der Waals surface area contributed by atoms with Gasteiger partial charge in [-0.05, 0) is 51.7 Å². The molecule has 0 spiro atoms. The normalized spacial score (nSPS) is 18.6. The number of aryl methyl sites for hydroxylation is 1. The first kappa shape index (κ1) is 19.6. The number of benzene rings is 1. The van der Waals surface area contributed by atoms with Crippen LogP contribution in [0.1, 0.15) is 16.9 Å². The van der Waals surface area contributed by atoms with Crippen molar-refractivity contribution in [2.45, 2.75) is 25.6 Å². The number of carbonyl (C=O) groups excluding carboxylic acids is 1. The topological polar surface area (TPSA) is 40.8 Å². The van der Waals surface area contributed by atoms with Crippen LogP contribution >= 0.6 is 11.3 Å². The van der Waals surface area contributed by atoms with Gasteiger partial charge in [0.05, 0.1) is 5.56 Å². The van der Waals surface area contributed by atoms with E-state index in [0.717, 1.165) is 23.4 Å². The highest BCUT2D eigenvalue weighted by Crippen LogP contribution is 2.29. The average Bonchev–Trinajstić information content (AvgIpc) is 3.21. The number of thiazole rings is 1. The van der Waals surface area contributed by atoms with Crippen molar-refractivity contribution in [1.29, 1.82) is 0 Å². The maximum absolute atomic E-state index is 12.8. The minimum atomic E-state index is -4.38. The second-order valence-electron chi connectivity index (χ2n) is 6.79. The Morgan fingerprint density at radius 2 is 1.93 bits per heavy atom. The van der Waals surface area contributed by atoms with Crippen LogP contribution in [0, 0.1) is 6.92 Å². The van der Waals surface area contributed by atoms with Gasteiger partial charge in [0.25, 0.3) is 0 Å². The molecule has 1 aromatic heterocycles. The summed E-state index contributed by atoms with van der Waals surface area (Å²) in [6.45, 7) is 3.14. The number of nitrogens with zero attached hydrogens (tertiary/aromatic N) is 4. The monoisotopic (exact) mass is 398 g/mol. The molecule has 2 heterocycles. The van der Waals surface area contributed by atoms with Gasteiger partial charge in [0.2, 0.25) is 0 Å². The molecule has 0 radical (unpaired) electrons. The van der Waals surface area contributed by atoms with E-state index in [-0.39, 0.29) is 6.03 Å². The first-order valence-corrected chi connectivity index (χ1v) is 9.33. The second-order valence-corrected chi connectivity index (χ2v) is 8.00. The Bertz CT molecular complexity index is 883. The van der Waals surface area contributed by atoms with E-state index in [1.807, 2.05) is 21.0 Å². The van der Waals surface area contributed by atoms with Crippen LogP contribution in [0.3, 0.4) is 0 Å². The van der Waals surface area contributed by atoms with E-state index in [2.05, 4.69) is 9.89 Å². The summed E-state index contributed by atoms with van der Waals surface area (Å²) in [7, 11) is 3.97. The van der Waals surface area contributed by atoms with Gasteiger partial charge >= 0.3 is 12.2 Å². The lowest BCUT2D eigenvalue weighted by Gasteiger charge is -2.19. The van der Waals surface area contributed by atoms with Gasteiger partial charge in [0, 0.05) is 35.9 Å². The Hall–Kier alpha value is -2.13.